The number of benzene rings is 1. The van der Waals surface area contributed by atoms with E-state index in [9.17, 15) is 9.18 Å². The number of fused-ring (bicyclic) bond motifs is 1. The lowest BCUT2D eigenvalue weighted by Gasteiger charge is -2.06. The van der Waals surface area contributed by atoms with Crippen LogP contribution in [-0.2, 0) is 6.42 Å². The first-order valence-corrected chi connectivity index (χ1v) is 5.95. The van der Waals surface area contributed by atoms with Crippen molar-refractivity contribution in [1.29, 1.82) is 0 Å². The molecule has 3 rings (SSSR count). The molecule has 20 heavy (non-hydrogen) atoms. The maximum atomic E-state index is 13.9. The number of H-pyrrole nitrogens is 1. The highest BCUT2D eigenvalue weighted by Gasteiger charge is 2.11. The van der Waals surface area contributed by atoms with E-state index in [4.69, 9.17) is 0 Å². The molecular weight excluding hydrogens is 265 g/mol. The summed E-state index contributed by atoms with van der Waals surface area (Å²) in [5.41, 5.74) is 0.772. The average Bonchev–Trinajstić information content (AvgIpc) is 2.88. The smallest absolute Gasteiger partial charge is 0.292 e. The molecule has 0 aliphatic heterocycles. The van der Waals surface area contributed by atoms with Crippen LogP contribution in [0.2, 0.25) is 0 Å². The Hall–Kier alpha value is -2.77. The van der Waals surface area contributed by atoms with Crippen LogP contribution in [0.3, 0.4) is 0 Å². The molecule has 0 spiro atoms. The Morgan fingerprint density at radius 3 is 3.00 bits per heavy atom. The largest absolute Gasteiger partial charge is 0.333 e. The molecule has 2 aromatic heterocycles. The molecule has 0 saturated heterocycles. The minimum Gasteiger partial charge on any atom is -0.333 e. The van der Waals surface area contributed by atoms with Gasteiger partial charge in [0.2, 0.25) is 11.3 Å². The van der Waals surface area contributed by atoms with Crippen molar-refractivity contribution in [2.75, 3.05) is 5.32 Å². The summed E-state index contributed by atoms with van der Waals surface area (Å²) in [7, 11) is 0. The molecule has 0 aliphatic carbocycles. The van der Waals surface area contributed by atoms with Gasteiger partial charge >= 0.3 is 0 Å². The first kappa shape index (κ1) is 12.3. The van der Waals surface area contributed by atoms with Crippen LogP contribution in [-0.4, -0.2) is 20.3 Å². The van der Waals surface area contributed by atoms with Crippen molar-refractivity contribution < 1.29 is 9.02 Å². The van der Waals surface area contributed by atoms with Gasteiger partial charge in [-0.25, -0.2) is 9.02 Å². The molecular formula is C12H10FN5O2. The van der Waals surface area contributed by atoms with Crippen molar-refractivity contribution in [3.63, 3.8) is 0 Å². The molecule has 102 valence electrons. The second-order valence-electron chi connectivity index (χ2n) is 4.14. The van der Waals surface area contributed by atoms with Crippen LogP contribution in [0.15, 0.2) is 27.6 Å². The van der Waals surface area contributed by atoms with Crippen LogP contribution < -0.4 is 10.9 Å². The van der Waals surface area contributed by atoms with Gasteiger partial charge in [0.15, 0.2) is 5.82 Å². The lowest BCUT2D eigenvalue weighted by atomic mass is 10.1. The van der Waals surface area contributed by atoms with Gasteiger partial charge in [0.1, 0.15) is 5.82 Å². The highest BCUT2D eigenvalue weighted by atomic mass is 19.1. The summed E-state index contributed by atoms with van der Waals surface area (Å²) in [5.74, 6) is -0.528. The van der Waals surface area contributed by atoms with E-state index >= 15 is 0 Å². The SMILES string of the molecule is CCc1ccc(Nc2nc3nonc3[nH]c2=O)c(F)c1. The lowest BCUT2D eigenvalue weighted by molar-refractivity contribution is 0.314. The monoisotopic (exact) mass is 275 g/mol. The van der Waals surface area contributed by atoms with E-state index in [1.807, 2.05) is 6.92 Å². The summed E-state index contributed by atoms with van der Waals surface area (Å²) in [6, 6.07) is 4.74. The zero-order chi connectivity index (χ0) is 14.1. The molecule has 0 fully saturated rings. The molecule has 0 unspecified atom stereocenters. The van der Waals surface area contributed by atoms with Gasteiger partial charge in [-0.3, -0.25) is 9.78 Å². The maximum absolute atomic E-state index is 13.9. The van der Waals surface area contributed by atoms with Gasteiger partial charge in [-0.2, -0.15) is 4.98 Å². The topological polar surface area (TPSA) is 96.7 Å². The molecule has 2 heterocycles. The number of nitrogens with one attached hydrogen (secondary N) is 2. The van der Waals surface area contributed by atoms with Crippen molar-refractivity contribution in [2.45, 2.75) is 13.3 Å². The Balaban J connectivity index is 2.00. The van der Waals surface area contributed by atoms with E-state index in [0.29, 0.717) is 0 Å². The zero-order valence-electron chi connectivity index (χ0n) is 10.5. The fourth-order valence-corrected chi connectivity index (χ4v) is 1.75. The number of anilines is 2. The minimum atomic E-state index is -0.535. The normalized spacial score (nSPS) is 10.9. The standard InChI is InChI=1S/C12H10FN5O2/c1-2-6-3-4-8(7(13)5-6)14-11-12(19)16-10-9(15-11)17-20-18-10/h3-5H,2H2,1H3,(H,14,15,17)(H,16,18,19). The van der Waals surface area contributed by atoms with Gasteiger partial charge in [0.25, 0.3) is 5.56 Å². The third-order valence-electron chi connectivity index (χ3n) is 2.83. The summed E-state index contributed by atoms with van der Waals surface area (Å²) < 4.78 is 18.3. The van der Waals surface area contributed by atoms with Crippen molar-refractivity contribution in [2.24, 2.45) is 0 Å². The third-order valence-corrected chi connectivity index (χ3v) is 2.83. The van der Waals surface area contributed by atoms with E-state index in [0.717, 1.165) is 12.0 Å². The summed E-state index contributed by atoms with van der Waals surface area (Å²) in [5, 5.41) is 9.61. The molecule has 7 nitrogen and oxygen atoms in total. The van der Waals surface area contributed by atoms with Crippen molar-refractivity contribution in [1.82, 2.24) is 20.3 Å². The summed E-state index contributed by atoms with van der Waals surface area (Å²) in [6.45, 7) is 1.93. The molecule has 3 aromatic rings. The number of hydrogen-bond acceptors (Lipinski definition) is 6. The molecule has 0 saturated carbocycles. The van der Waals surface area contributed by atoms with Gasteiger partial charge in [0.05, 0.1) is 5.69 Å². The van der Waals surface area contributed by atoms with Crippen molar-refractivity contribution >= 4 is 22.8 Å². The number of hydrogen-bond donors (Lipinski definition) is 2. The molecule has 2 N–H and O–H groups in total. The first-order valence-electron chi connectivity index (χ1n) is 5.95. The number of rotatable bonds is 3. The van der Waals surface area contributed by atoms with E-state index in [1.54, 1.807) is 12.1 Å². The summed E-state index contributed by atoms with van der Waals surface area (Å²) >= 11 is 0. The quantitative estimate of drug-likeness (QED) is 0.755. The fraction of sp³-hybridized carbons (Fsp3) is 0.167. The third kappa shape index (κ3) is 2.11. The molecule has 0 amide bonds. The fourth-order valence-electron chi connectivity index (χ4n) is 1.75. The van der Waals surface area contributed by atoms with E-state index in [-0.39, 0.29) is 22.8 Å². The number of aromatic amines is 1. The molecule has 1 aromatic carbocycles. The Kier molecular flexibility index (Phi) is 2.90. The van der Waals surface area contributed by atoms with Crippen molar-refractivity contribution in [3.05, 3.63) is 39.9 Å². The number of nitrogens with zero attached hydrogens (tertiary/aromatic N) is 3. The van der Waals surface area contributed by atoms with Crippen LogP contribution in [0.1, 0.15) is 12.5 Å². The van der Waals surface area contributed by atoms with Gasteiger partial charge in [-0.05, 0) is 34.4 Å². The molecule has 8 heteroatoms. The summed E-state index contributed by atoms with van der Waals surface area (Å²) in [4.78, 5) is 18.1. The Morgan fingerprint density at radius 1 is 1.40 bits per heavy atom. The van der Waals surface area contributed by atoms with E-state index in [2.05, 4.69) is 30.2 Å². The van der Waals surface area contributed by atoms with Crippen molar-refractivity contribution in [3.8, 4) is 0 Å². The zero-order valence-corrected chi connectivity index (χ0v) is 10.5. The number of aromatic nitrogens is 4. The highest BCUT2D eigenvalue weighted by molar-refractivity contribution is 5.67. The van der Waals surface area contributed by atoms with Crippen LogP contribution in [0.4, 0.5) is 15.9 Å². The van der Waals surface area contributed by atoms with Crippen LogP contribution in [0.25, 0.3) is 11.3 Å². The second-order valence-corrected chi connectivity index (χ2v) is 4.14. The highest BCUT2D eigenvalue weighted by Crippen LogP contribution is 2.19. The number of halogens is 1. The Labute approximate surface area is 111 Å². The van der Waals surface area contributed by atoms with Gasteiger partial charge < -0.3 is 5.32 Å². The Morgan fingerprint density at radius 2 is 2.25 bits per heavy atom. The van der Waals surface area contributed by atoms with Crippen LogP contribution in [0, 0.1) is 5.82 Å². The second kappa shape index (κ2) is 4.72. The molecule has 0 atom stereocenters. The first-order chi connectivity index (χ1) is 9.67. The minimum absolute atomic E-state index is 0.0728. The molecule has 0 aliphatic rings. The van der Waals surface area contributed by atoms with Gasteiger partial charge in [-0.1, -0.05) is 13.0 Å². The van der Waals surface area contributed by atoms with Crippen LogP contribution >= 0.6 is 0 Å². The Bertz CT molecular complexity index is 826. The van der Waals surface area contributed by atoms with E-state index < -0.39 is 11.4 Å². The molecule has 0 bridgehead atoms. The maximum Gasteiger partial charge on any atom is 0.292 e. The van der Waals surface area contributed by atoms with E-state index in [1.165, 1.54) is 6.07 Å². The lowest BCUT2D eigenvalue weighted by Crippen LogP contribution is -2.14. The van der Waals surface area contributed by atoms with Gasteiger partial charge in [-0.15, -0.1) is 0 Å². The molecule has 0 radical (unpaired) electrons. The average molecular weight is 275 g/mol. The van der Waals surface area contributed by atoms with Crippen LogP contribution in [0.5, 0.6) is 0 Å². The predicted molar refractivity (Wildman–Crippen MR) is 69.3 cm³/mol. The summed E-state index contributed by atoms with van der Waals surface area (Å²) in [6.07, 6.45) is 0.729. The predicted octanol–water partition coefficient (Wildman–Crippen LogP) is 1.75. The number of aryl methyl sites for hydroxylation is 1. The van der Waals surface area contributed by atoms with Gasteiger partial charge in [0, 0.05) is 0 Å².